The molecule has 1 aromatic heterocycles. The Morgan fingerprint density at radius 2 is 2.33 bits per heavy atom. The molecule has 6 heteroatoms. The number of aromatic nitrogens is 1. The number of ether oxygens (including phenoxy) is 1. The van der Waals surface area contributed by atoms with E-state index in [2.05, 4.69) is 10.3 Å². The van der Waals surface area contributed by atoms with E-state index in [9.17, 15) is 4.79 Å². The molecule has 0 aliphatic rings. The van der Waals surface area contributed by atoms with Crippen molar-refractivity contribution in [1.82, 2.24) is 4.98 Å². The zero-order valence-corrected chi connectivity index (χ0v) is 10.8. The lowest BCUT2D eigenvalue weighted by atomic mass is 10.2. The lowest BCUT2D eigenvalue weighted by Gasteiger charge is -2.12. The molecule has 0 spiro atoms. The molecule has 0 fully saturated rings. The summed E-state index contributed by atoms with van der Waals surface area (Å²) in [4.78, 5) is 13.7. The van der Waals surface area contributed by atoms with E-state index >= 15 is 0 Å². The van der Waals surface area contributed by atoms with Crippen molar-refractivity contribution in [2.24, 2.45) is 0 Å². The first-order chi connectivity index (χ1) is 8.70. The van der Waals surface area contributed by atoms with Gasteiger partial charge in [0.25, 0.3) is 0 Å². The van der Waals surface area contributed by atoms with Crippen LogP contribution >= 0.6 is 11.3 Å². The molecule has 0 saturated carbocycles. The van der Waals surface area contributed by atoms with Gasteiger partial charge in [-0.25, -0.2) is 0 Å². The van der Waals surface area contributed by atoms with E-state index in [0.717, 1.165) is 22.7 Å². The summed E-state index contributed by atoms with van der Waals surface area (Å²) < 4.78 is 5.41. The van der Waals surface area contributed by atoms with Gasteiger partial charge in [0.05, 0.1) is 24.5 Å². The number of benzene rings is 1. The smallest absolute Gasteiger partial charge is 0.304 e. The quantitative estimate of drug-likeness (QED) is 0.723. The molecule has 0 aliphatic carbocycles. The third kappa shape index (κ3) is 2.84. The number of thiazole rings is 1. The lowest BCUT2D eigenvalue weighted by Crippen LogP contribution is -2.06. The number of rotatable bonds is 5. The highest BCUT2D eigenvalue weighted by Crippen LogP contribution is 2.29. The van der Waals surface area contributed by atoms with E-state index in [1.807, 2.05) is 25.1 Å². The Morgan fingerprint density at radius 3 is 3.00 bits per heavy atom. The number of nitrogens with one attached hydrogen (secondary N) is 2. The van der Waals surface area contributed by atoms with Crippen LogP contribution in [0.4, 0.5) is 11.4 Å². The van der Waals surface area contributed by atoms with Gasteiger partial charge in [-0.1, -0.05) is 17.4 Å². The van der Waals surface area contributed by atoms with Gasteiger partial charge in [-0.15, -0.1) is 0 Å². The molecule has 18 heavy (non-hydrogen) atoms. The van der Waals surface area contributed by atoms with Gasteiger partial charge >= 0.3 is 4.87 Å². The molecule has 0 atom stereocenters. The van der Waals surface area contributed by atoms with Crippen molar-refractivity contribution in [1.29, 1.82) is 0 Å². The largest absolute Gasteiger partial charge is 0.492 e. The van der Waals surface area contributed by atoms with Gasteiger partial charge in [-0.05, 0) is 19.1 Å². The number of nitrogens with two attached hydrogens (primary N) is 1. The van der Waals surface area contributed by atoms with E-state index in [1.165, 1.54) is 0 Å². The molecule has 0 bridgehead atoms. The van der Waals surface area contributed by atoms with Crippen molar-refractivity contribution in [2.45, 2.75) is 13.5 Å². The van der Waals surface area contributed by atoms with Crippen molar-refractivity contribution in [3.8, 4) is 5.75 Å². The Morgan fingerprint density at radius 1 is 1.50 bits per heavy atom. The SMILES string of the molecule is CCOc1cccc(NCc2csc(=O)[nH]2)c1N. The topological polar surface area (TPSA) is 80.1 Å². The van der Waals surface area contributed by atoms with Crippen molar-refractivity contribution < 1.29 is 4.74 Å². The molecule has 0 aliphatic heterocycles. The summed E-state index contributed by atoms with van der Waals surface area (Å²) in [7, 11) is 0. The number of nitrogen functional groups attached to an aromatic ring is 1. The average molecular weight is 265 g/mol. The molecule has 1 heterocycles. The van der Waals surface area contributed by atoms with Crippen molar-refractivity contribution in [3.05, 3.63) is 38.9 Å². The second-order valence-electron chi connectivity index (χ2n) is 3.68. The fourth-order valence-corrected chi connectivity index (χ4v) is 2.15. The van der Waals surface area contributed by atoms with Crippen LogP contribution in [0.25, 0.3) is 0 Å². The molecule has 0 amide bonds. The van der Waals surface area contributed by atoms with Crippen LogP contribution in [0.2, 0.25) is 0 Å². The van der Waals surface area contributed by atoms with Gasteiger partial charge in [0, 0.05) is 11.1 Å². The number of hydrogen-bond donors (Lipinski definition) is 3. The summed E-state index contributed by atoms with van der Waals surface area (Å²) in [6.45, 7) is 3.01. The van der Waals surface area contributed by atoms with Crippen LogP contribution in [0.15, 0.2) is 28.4 Å². The third-order valence-corrected chi connectivity index (χ3v) is 3.12. The molecular weight excluding hydrogens is 250 g/mol. The average Bonchev–Trinajstić information content (AvgIpc) is 2.77. The first-order valence-electron chi connectivity index (χ1n) is 5.62. The fraction of sp³-hybridized carbons (Fsp3) is 0.250. The first-order valence-corrected chi connectivity index (χ1v) is 6.50. The summed E-state index contributed by atoms with van der Waals surface area (Å²) in [5.41, 5.74) is 8.20. The highest BCUT2D eigenvalue weighted by Gasteiger charge is 2.05. The lowest BCUT2D eigenvalue weighted by molar-refractivity contribution is 0.342. The molecule has 4 N–H and O–H groups in total. The Bertz CT molecular complexity index is 577. The minimum Gasteiger partial charge on any atom is -0.492 e. The summed E-state index contributed by atoms with van der Waals surface area (Å²) in [6.07, 6.45) is 0. The van der Waals surface area contributed by atoms with Crippen molar-refractivity contribution in [2.75, 3.05) is 17.7 Å². The number of anilines is 2. The normalized spacial score (nSPS) is 10.3. The van der Waals surface area contributed by atoms with Gasteiger partial charge < -0.3 is 20.8 Å². The summed E-state index contributed by atoms with van der Waals surface area (Å²) in [5.74, 6) is 0.668. The van der Waals surface area contributed by atoms with Gasteiger partial charge in [0.15, 0.2) is 0 Å². The molecule has 5 nitrogen and oxygen atoms in total. The maximum Gasteiger partial charge on any atom is 0.304 e. The highest BCUT2D eigenvalue weighted by atomic mass is 32.1. The third-order valence-electron chi connectivity index (χ3n) is 2.41. The molecule has 0 radical (unpaired) electrons. The molecular formula is C12H15N3O2S. The molecule has 96 valence electrons. The Labute approximate surface area is 109 Å². The minimum absolute atomic E-state index is 0.0529. The van der Waals surface area contributed by atoms with Gasteiger partial charge in [0.2, 0.25) is 0 Å². The fourth-order valence-electron chi connectivity index (χ4n) is 1.57. The van der Waals surface area contributed by atoms with E-state index < -0.39 is 0 Å². The maximum atomic E-state index is 11.0. The Kier molecular flexibility index (Phi) is 3.88. The van der Waals surface area contributed by atoms with Crippen LogP contribution in [-0.2, 0) is 6.54 Å². The second-order valence-corrected chi connectivity index (χ2v) is 4.52. The van der Waals surface area contributed by atoms with Crippen LogP contribution in [0, 0.1) is 0 Å². The standard InChI is InChI=1S/C12H15N3O2S/c1-2-17-10-5-3-4-9(11(10)13)14-6-8-7-18-12(16)15-8/h3-5,7,14H,2,6,13H2,1H3,(H,15,16). The van der Waals surface area contributed by atoms with Crippen molar-refractivity contribution >= 4 is 22.7 Å². The van der Waals surface area contributed by atoms with Crippen LogP contribution in [0.5, 0.6) is 5.75 Å². The van der Waals surface area contributed by atoms with Crippen LogP contribution in [-0.4, -0.2) is 11.6 Å². The summed E-state index contributed by atoms with van der Waals surface area (Å²) in [6, 6.07) is 5.58. The molecule has 2 rings (SSSR count). The van der Waals surface area contributed by atoms with Gasteiger partial charge in [0.1, 0.15) is 5.75 Å². The van der Waals surface area contributed by atoms with E-state index in [1.54, 1.807) is 5.38 Å². The summed E-state index contributed by atoms with van der Waals surface area (Å²) in [5, 5.41) is 4.96. The maximum absolute atomic E-state index is 11.0. The number of hydrogen-bond acceptors (Lipinski definition) is 5. The zero-order valence-electron chi connectivity index (χ0n) is 10.0. The second kappa shape index (κ2) is 5.59. The van der Waals surface area contributed by atoms with Gasteiger partial charge in [-0.2, -0.15) is 0 Å². The predicted octanol–water partition coefficient (Wildman–Crippen LogP) is 2.03. The number of H-pyrrole nitrogens is 1. The monoisotopic (exact) mass is 265 g/mol. The van der Waals surface area contributed by atoms with E-state index in [4.69, 9.17) is 10.5 Å². The summed E-state index contributed by atoms with van der Waals surface area (Å²) >= 11 is 1.15. The minimum atomic E-state index is -0.0529. The predicted molar refractivity (Wildman–Crippen MR) is 74.3 cm³/mol. The van der Waals surface area contributed by atoms with Gasteiger partial charge in [-0.3, -0.25) is 4.79 Å². The molecule has 0 saturated heterocycles. The van der Waals surface area contributed by atoms with Crippen molar-refractivity contribution in [3.63, 3.8) is 0 Å². The molecule has 0 unspecified atom stereocenters. The zero-order chi connectivity index (χ0) is 13.0. The van der Waals surface area contributed by atoms with E-state index in [0.29, 0.717) is 24.6 Å². The molecule has 1 aromatic carbocycles. The highest BCUT2D eigenvalue weighted by molar-refractivity contribution is 7.07. The van der Waals surface area contributed by atoms with Crippen LogP contribution < -0.4 is 20.7 Å². The van der Waals surface area contributed by atoms with Crippen LogP contribution in [0.1, 0.15) is 12.6 Å². The van der Waals surface area contributed by atoms with E-state index in [-0.39, 0.29) is 4.87 Å². The number of para-hydroxylation sites is 1. The Hall–Kier alpha value is -1.95. The van der Waals surface area contributed by atoms with Crippen LogP contribution in [0.3, 0.4) is 0 Å². The number of aromatic amines is 1. The molecule has 2 aromatic rings. The Balaban J connectivity index is 2.09. The first kappa shape index (κ1) is 12.5.